The van der Waals surface area contributed by atoms with Crippen molar-refractivity contribution in [3.05, 3.63) is 65.2 Å². The second-order valence-corrected chi connectivity index (χ2v) is 7.20. The molecule has 0 aromatic heterocycles. The lowest BCUT2D eigenvalue weighted by atomic mass is 10.1. The summed E-state index contributed by atoms with van der Waals surface area (Å²) in [5.41, 5.74) is 4.32. The Balaban J connectivity index is 1.51. The van der Waals surface area contributed by atoms with Crippen molar-refractivity contribution in [2.75, 3.05) is 18.4 Å². The number of hydrogen-bond donors (Lipinski definition) is 1. The van der Waals surface area contributed by atoms with E-state index in [0.29, 0.717) is 19.5 Å². The zero-order chi connectivity index (χ0) is 18.5. The Bertz CT molecular complexity index is 766. The Morgan fingerprint density at radius 2 is 1.81 bits per heavy atom. The molecule has 1 fully saturated rings. The topological polar surface area (TPSA) is 49.4 Å². The molecule has 136 valence electrons. The highest BCUT2D eigenvalue weighted by Crippen LogP contribution is 2.21. The van der Waals surface area contributed by atoms with Crippen LogP contribution in [0, 0.1) is 19.8 Å². The van der Waals surface area contributed by atoms with E-state index in [1.54, 1.807) is 0 Å². The first-order valence-corrected chi connectivity index (χ1v) is 9.22. The van der Waals surface area contributed by atoms with Crippen LogP contribution in [0.3, 0.4) is 0 Å². The molecule has 4 nitrogen and oxygen atoms in total. The number of anilines is 1. The second kappa shape index (κ2) is 8.17. The standard InChI is InChI=1S/C22H26N2O2/c1-16-11-17(2)13-20(12-16)23-22(26)19-14-21(25)24(15-19)10-6-9-18-7-4-3-5-8-18/h3-5,7-8,11-13,19H,6,9-10,14-15H2,1-2H3,(H,23,26). The fourth-order valence-electron chi connectivity index (χ4n) is 3.57. The van der Waals surface area contributed by atoms with Gasteiger partial charge in [-0.15, -0.1) is 0 Å². The highest BCUT2D eigenvalue weighted by Gasteiger charge is 2.33. The first-order valence-electron chi connectivity index (χ1n) is 9.22. The zero-order valence-electron chi connectivity index (χ0n) is 15.5. The number of aryl methyl sites for hydroxylation is 3. The molecule has 1 N–H and O–H groups in total. The minimum absolute atomic E-state index is 0.0612. The van der Waals surface area contributed by atoms with Gasteiger partial charge >= 0.3 is 0 Å². The van der Waals surface area contributed by atoms with Gasteiger partial charge in [-0.25, -0.2) is 0 Å². The van der Waals surface area contributed by atoms with Crippen molar-refractivity contribution < 1.29 is 9.59 Å². The molecule has 3 rings (SSSR count). The van der Waals surface area contributed by atoms with Crippen LogP contribution in [0.25, 0.3) is 0 Å². The predicted molar refractivity (Wildman–Crippen MR) is 104 cm³/mol. The molecule has 1 heterocycles. The maximum atomic E-state index is 12.5. The molecule has 2 aromatic carbocycles. The molecule has 2 amide bonds. The minimum atomic E-state index is -0.264. The van der Waals surface area contributed by atoms with Crippen molar-refractivity contribution in [3.63, 3.8) is 0 Å². The molecule has 1 aliphatic heterocycles. The van der Waals surface area contributed by atoms with Gasteiger partial charge in [0.05, 0.1) is 5.92 Å². The maximum absolute atomic E-state index is 12.5. The van der Waals surface area contributed by atoms with Crippen molar-refractivity contribution in [1.29, 1.82) is 0 Å². The molecule has 1 saturated heterocycles. The molecule has 0 saturated carbocycles. The van der Waals surface area contributed by atoms with E-state index < -0.39 is 0 Å². The van der Waals surface area contributed by atoms with Crippen molar-refractivity contribution >= 4 is 17.5 Å². The molecule has 0 aliphatic carbocycles. The Labute approximate surface area is 155 Å². The molecule has 1 atom stereocenters. The number of likely N-dealkylation sites (tertiary alicyclic amines) is 1. The van der Waals surface area contributed by atoms with Gasteiger partial charge in [0.1, 0.15) is 0 Å². The molecule has 26 heavy (non-hydrogen) atoms. The Morgan fingerprint density at radius 1 is 1.12 bits per heavy atom. The van der Waals surface area contributed by atoms with E-state index in [2.05, 4.69) is 23.5 Å². The fourth-order valence-corrected chi connectivity index (χ4v) is 3.57. The number of hydrogen-bond acceptors (Lipinski definition) is 2. The van der Waals surface area contributed by atoms with Gasteiger partial charge in [-0.1, -0.05) is 36.4 Å². The van der Waals surface area contributed by atoms with Crippen molar-refractivity contribution in [3.8, 4) is 0 Å². The average Bonchev–Trinajstić information content (AvgIpc) is 2.96. The number of amides is 2. The quantitative estimate of drug-likeness (QED) is 0.863. The van der Waals surface area contributed by atoms with Gasteiger partial charge in [-0.3, -0.25) is 9.59 Å². The predicted octanol–water partition coefficient (Wildman–Crippen LogP) is 3.72. The molecule has 0 bridgehead atoms. The van der Waals surface area contributed by atoms with E-state index in [4.69, 9.17) is 0 Å². The van der Waals surface area contributed by atoms with Crippen LogP contribution in [0.1, 0.15) is 29.5 Å². The molecular weight excluding hydrogens is 324 g/mol. The second-order valence-electron chi connectivity index (χ2n) is 7.20. The average molecular weight is 350 g/mol. The van der Waals surface area contributed by atoms with E-state index in [1.165, 1.54) is 5.56 Å². The molecule has 2 aromatic rings. The molecule has 1 aliphatic rings. The molecule has 0 radical (unpaired) electrons. The minimum Gasteiger partial charge on any atom is -0.342 e. The summed E-state index contributed by atoms with van der Waals surface area (Å²) in [6, 6.07) is 16.3. The zero-order valence-corrected chi connectivity index (χ0v) is 15.5. The van der Waals surface area contributed by atoms with Crippen LogP contribution in [0.5, 0.6) is 0 Å². The number of nitrogens with zero attached hydrogens (tertiary/aromatic N) is 1. The van der Waals surface area contributed by atoms with Crippen LogP contribution >= 0.6 is 0 Å². The monoisotopic (exact) mass is 350 g/mol. The van der Waals surface area contributed by atoms with Crippen LogP contribution in [0.2, 0.25) is 0 Å². The van der Waals surface area contributed by atoms with Gasteiger partial charge in [0, 0.05) is 25.2 Å². The first-order chi connectivity index (χ1) is 12.5. The SMILES string of the molecule is Cc1cc(C)cc(NC(=O)C2CC(=O)N(CCCc3ccccc3)C2)c1. The number of carbonyl (C=O) groups excluding carboxylic acids is 2. The van der Waals surface area contributed by atoms with Crippen molar-refractivity contribution in [2.24, 2.45) is 5.92 Å². The summed E-state index contributed by atoms with van der Waals surface area (Å²) >= 11 is 0. The summed E-state index contributed by atoms with van der Waals surface area (Å²) < 4.78 is 0. The van der Waals surface area contributed by atoms with Crippen LogP contribution < -0.4 is 5.32 Å². The van der Waals surface area contributed by atoms with Crippen LogP contribution in [0.4, 0.5) is 5.69 Å². The number of rotatable bonds is 6. The lowest BCUT2D eigenvalue weighted by molar-refractivity contribution is -0.128. The van der Waals surface area contributed by atoms with E-state index in [9.17, 15) is 9.59 Å². The highest BCUT2D eigenvalue weighted by molar-refractivity contribution is 5.97. The normalized spacial score (nSPS) is 16.8. The van der Waals surface area contributed by atoms with Crippen LogP contribution in [0.15, 0.2) is 48.5 Å². The third kappa shape index (κ3) is 4.72. The Hall–Kier alpha value is -2.62. The third-order valence-corrected chi connectivity index (χ3v) is 4.81. The fraction of sp³-hybridized carbons (Fsp3) is 0.364. The van der Waals surface area contributed by atoms with Gasteiger partial charge in [-0.2, -0.15) is 0 Å². The summed E-state index contributed by atoms with van der Waals surface area (Å²) in [5, 5.41) is 2.97. The molecule has 1 unspecified atom stereocenters. The van der Waals surface area contributed by atoms with Crippen molar-refractivity contribution in [1.82, 2.24) is 4.90 Å². The van der Waals surface area contributed by atoms with Crippen LogP contribution in [-0.4, -0.2) is 29.8 Å². The number of nitrogens with one attached hydrogen (secondary N) is 1. The van der Waals surface area contributed by atoms with E-state index in [-0.39, 0.29) is 17.7 Å². The molecule has 4 heteroatoms. The van der Waals surface area contributed by atoms with E-state index in [1.807, 2.05) is 49.1 Å². The number of carbonyl (C=O) groups is 2. The van der Waals surface area contributed by atoms with Gasteiger partial charge in [-0.05, 0) is 55.5 Å². The lowest BCUT2D eigenvalue weighted by Gasteiger charge is -2.16. The molecular formula is C22H26N2O2. The maximum Gasteiger partial charge on any atom is 0.229 e. The number of benzene rings is 2. The van der Waals surface area contributed by atoms with Gasteiger partial charge in [0.2, 0.25) is 11.8 Å². The van der Waals surface area contributed by atoms with Gasteiger partial charge in [0.25, 0.3) is 0 Å². The highest BCUT2D eigenvalue weighted by atomic mass is 16.2. The first kappa shape index (κ1) is 18.2. The Morgan fingerprint density at radius 3 is 2.50 bits per heavy atom. The van der Waals surface area contributed by atoms with Gasteiger partial charge in [0.15, 0.2) is 0 Å². The summed E-state index contributed by atoms with van der Waals surface area (Å²) in [6.07, 6.45) is 2.17. The lowest BCUT2D eigenvalue weighted by Crippen LogP contribution is -2.29. The largest absolute Gasteiger partial charge is 0.342 e. The summed E-state index contributed by atoms with van der Waals surface area (Å²) in [5.74, 6) is -0.243. The smallest absolute Gasteiger partial charge is 0.229 e. The van der Waals surface area contributed by atoms with E-state index in [0.717, 1.165) is 29.7 Å². The van der Waals surface area contributed by atoms with Crippen molar-refractivity contribution in [2.45, 2.75) is 33.1 Å². The summed E-state index contributed by atoms with van der Waals surface area (Å²) in [4.78, 5) is 26.6. The third-order valence-electron chi connectivity index (χ3n) is 4.81. The summed E-state index contributed by atoms with van der Waals surface area (Å²) in [7, 11) is 0. The molecule has 0 spiro atoms. The summed E-state index contributed by atoms with van der Waals surface area (Å²) in [6.45, 7) is 5.25. The van der Waals surface area contributed by atoms with E-state index >= 15 is 0 Å². The van der Waals surface area contributed by atoms with Gasteiger partial charge < -0.3 is 10.2 Å². The Kier molecular flexibility index (Phi) is 5.71. The van der Waals surface area contributed by atoms with Crippen LogP contribution in [-0.2, 0) is 16.0 Å².